The first-order valence-corrected chi connectivity index (χ1v) is 6.62. The Morgan fingerprint density at radius 2 is 1.73 bits per heavy atom. The lowest BCUT2D eigenvalue weighted by atomic mass is 10.0. The smallest absolute Gasteiger partial charge is 0.240 e. The molecule has 0 unspecified atom stereocenters. The molecule has 0 saturated carbocycles. The van der Waals surface area contributed by atoms with Gasteiger partial charge >= 0.3 is 0 Å². The van der Waals surface area contributed by atoms with Gasteiger partial charge in [0.15, 0.2) is 0 Å². The first-order valence-electron chi connectivity index (χ1n) is 6.62. The zero-order chi connectivity index (χ0) is 15.5. The summed E-state index contributed by atoms with van der Waals surface area (Å²) >= 11 is 0. The number of nitrogen functional groups attached to an aromatic ring is 1. The van der Waals surface area contributed by atoms with Gasteiger partial charge in [0.1, 0.15) is 23.2 Å². The minimum Gasteiger partial charge on any atom is -0.366 e. The van der Waals surface area contributed by atoms with Crippen LogP contribution in [0.2, 0.25) is 0 Å². The highest BCUT2D eigenvalue weighted by Crippen LogP contribution is 2.29. The number of nitrogens with zero attached hydrogens (tertiary/aromatic N) is 5. The largest absolute Gasteiger partial charge is 0.366 e. The van der Waals surface area contributed by atoms with Crippen LogP contribution in [0.4, 0.5) is 5.95 Å². The lowest BCUT2D eigenvalue weighted by molar-refractivity contribution is 0.995. The predicted octanol–water partition coefficient (Wildman–Crippen LogP) is 2.36. The second kappa shape index (κ2) is 5.58. The SMILES string of the molecule is Cc1cc(-c2nnc(N)nc2-c2ccccc2)cc(C#N)n1. The fourth-order valence-corrected chi connectivity index (χ4v) is 2.19. The first kappa shape index (κ1) is 13.6. The van der Waals surface area contributed by atoms with Gasteiger partial charge in [0.25, 0.3) is 0 Å². The molecule has 0 amide bonds. The number of benzene rings is 1. The highest BCUT2D eigenvalue weighted by molar-refractivity contribution is 5.78. The Morgan fingerprint density at radius 3 is 2.45 bits per heavy atom. The molecule has 0 fully saturated rings. The Kier molecular flexibility index (Phi) is 3.46. The monoisotopic (exact) mass is 288 g/mol. The average Bonchev–Trinajstić information content (AvgIpc) is 2.55. The summed E-state index contributed by atoms with van der Waals surface area (Å²) in [7, 11) is 0. The Hall–Kier alpha value is -3.33. The van der Waals surface area contributed by atoms with Crippen molar-refractivity contribution in [2.45, 2.75) is 6.92 Å². The van der Waals surface area contributed by atoms with Crippen molar-refractivity contribution in [3.63, 3.8) is 0 Å². The molecule has 3 rings (SSSR count). The van der Waals surface area contributed by atoms with Crippen LogP contribution >= 0.6 is 0 Å². The van der Waals surface area contributed by atoms with Crippen LogP contribution in [0.25, 0.3) is 22.5 Å². The summed E-state index contributed by atoms with van der Waals surface area (Å²) in [6.45, 7) is 1.82. The van der Waals surface area contributed by atoms with E-state index in [9.17, 15) is 0 Å². The van der Waals surface area contributed by atoms with E-state index in [1.54, 1.807) is 6.07 Å². The van der Waals surface area contributed by atoms with Gasteiger partial charge in [0.05, 0.1) is 0 Å². The predicted molar refractivity (Wildman–Crippen MR) is 82.4 cm³/mol. The number of nitriles is 1. The van der Waals surface area contributed by atoms with Crippen molar-refractivity contribution in [2.75, 3.05) is 5.73 Å². The summed E-state index contributed by atoms with van der Waals surface area (Å²) in [5.41, 5.74) is 9.55. The molecule has 1 aromatic carbocycles. The number of hydrogen-bond acceptors (Lipinski definition) is 6. The van der Waals surface area contributed by atoms with E-state index in [4.69, 9.17) is 11.0 Å². The van der Waals surface area contributed by atoms with E-state index >= 15 is 0 Å². The summed E-state index contributed by atoms with van der Waals surface area (Å²) < 4.78 is 0. The highest BCUT2D eigenvalue weighted by Gasteiger charge is 2.14. The topological polar surface area (TPSA) is 101 Å². The van der Waals surface area contributed by atoms with E-state index in [1.165, 1.54) is 0 Å². The third-order valence-electron chi connectivity index (χ3n) is 3.09. The summed E-state index contributed by atoms with van der Waals surface area (Å²) in [5, 5.41) is 17.1. The van der Waals surface area contributed by atoms with Crippen LogP contribution in [0.15, 0.2) is 42.5 Å². The molecule has 0 aliphatic heterocycles. The van der Waals surface area contributed by atoms with Gasteiger partial charge in [-0.3, -0.25) is 0 Å². The first-order chi connectivity index (χ1) is 10.7. The van der Waals surface area contributed by atoms with Gasteiger partial charge in [-0.1, -0.05) is 30.3 Å². The van der Waals surface area contributed by atoms with Crippen molar-refractivity contribution in [3.05, 3.63) is 53.9 Å². The summed E-state index contributed by atoms with van der Waals surface area (Å²) in [4.78, 5) is 8.45. The minimum atomic E-state index is 0.105. The van der Waals surface area contributed by atoms with Gasteiger partial charge in [-0.25, -0.2) is 9.97 Å². The van der Waals surface area contributed by atoms with Crippen LogP contribution < -0.4 is 5.73 Å². The van der Waals surface area contributed by atoms with Gasteiger partial charge < -0.3 is 5.73 Å². The second-order valence-electron chi connectivity index (χ2n) is 4.73. The molecule has 0 aliphatic carbocycles. The number of hydrogen-bond donors (Lipinski definition) is 1. The molecule has 6 nitrogen and oxygen atoms in total. The van der Waals surface area contributed by atoms with Gasteiger partial charge in [0, 0.05) is 16.8 Å². The minimum absolute atomic E-state index is 0.105. The van der Waals surface area contributed by atoms with Crippen molar-refractivity contribution < 1.29 is 0 Å². The van der Waals surface area contributed by atoms with Crippen LogP contribution in [0.5, 0.6) is 0 Å². The number of aromatic nitrogens is 4. The zero-order valence-electron chi connectivity index (χ0n) is 11.9. The number of pyridine rings is 1. The molecule has 22 heavy (non-hydrogen) atoms. The molecule has 0 bridgehead atoms. The maximum absolute atomic E-state index is 9.08. The van der Waals surface area contributed by atoms with Crippen LogP contribution in [0, 0.1) is 18.3 Å². The molecule has 106 valence electrons. The van der Waals surface area contributed by atoms with E-state index in [-0.39, 0.29) is 5.95 Å². The Bertz CT molecular complexity index is 868. The molecule has 2 aromatic heterocycles. The normalized spacial score (nSPS) is 10.2. The fourth-order valence-electron chi connectivity index (χ4n) is 2.19. The van der Waals surface area contributed by atoms with E-state index in [1.807, 2.05) is 49.4 Å². The van der Waals surface area contributed by atoms with Crippen molar-refractivity contribution in [3.8, 4) is 28.6 Å². The van der Waals surface area contributed by atoms with Gasteiger partial charge in [-0.15, -0.1) is 10.2 Å². The average molecular weight is 288 g/mol. The van der Waals surface area contributed by atoms with E-state index in [0.29, 0.717) is 17.1 Å². The van der Waals surface area contributed by atoms with E-state index in [2.05, 4.69) is 20.2 Å². The van der Waals surface area contributed by atoms with Gasteiger partial charge in [0.2, 0.25) is 5.95 Å². The van der Waals surface area contributed by atoms with Crippen LogP contribution in [-0.4, -0.2) is 20.2 Å². The second-order valence-corrected chi connectivity index (χ2v) is 4.73. The Labute approximate surface area is 127 Å². The fraction of sp³-hybridized carbons (Fsp3) is 0.0625. The van der Waals surface area contributed by atoms with E-state index < -0.39 is 0 Å². The summed E-state index contributed by atoms with van der Waals surface area (Å²) in [6, 6.07) is 15.1. The number of nitrogens with two attached hydrogens (primary N) is 1. The molecular weight excluding hydrogens is 276 g/mol. The lowest BCUT2D eigenvalue weighted by Crippen LogP contribution is -2.03. The molecule has 0 atom stereocenters. The van der Waals surface area contributed by atoms with Crippen molar-refractivity contribution in [2.24, 2.45) is 0 Å². The Balaban J connectivity index is 2.24. The van der Waals surface area contributed by atoms with E-state index in [0.717, 1.165) is 16.8 Å². The standard InChI is InChI=1S/C16H12N6/c1-10-7-12(8-13(9-17)19-10)15-14(20-16(18)22-21-15)11-5-3-2-4-6-11/h2-8H,1H3,(H2,18,20,22). The number of aryl methyl sites for hydroxylation is 1. The number of anilines is 1. The summed E-state index contributed by atoms with van der Waals surface area (Å²) in [5.74, 6) is 0.105. The molecule has 6 heteroatoms. The lowest BCUT2D eigenvalue weighted by Gasteiger charge is -2.08. The molecule has 0 aliphatic rings. The molecule has 3 aromatic rings. The van der Waals surface area contributed by atoms with Gasteiger partial charge in [-0.05, 0) is 19.1 Å². The van der Waals surface area contributed by atoms with Crippen molar-refractivity contribution in [1.29, 1.82) is 5.26 Å². The molecule has 2 N–H and O–H groups in total. The quantitative estimate of drug-likeness (QED) is 0.776. The zero-order valence-corrected chi connectivity index (χ0v) is 11.9. The highest BCUT2D eigenvalue weighted by atomic mass is 15.2. The van der Waals surface area contributed by atoms with Crippen molar-refractivity contribution >= 4 is 5.95 Å². The third-order valence-corrected chi connectivity index (χ3v) is 3.09. The molecular formula is C16H12N6. The molecule has 0 saturated heterocycles. The molecule has 0 spiro atoms. The molecule has 0 radical (unpaired) electrons. The third kappa shape index (κ3) is 2.60. The Morgan fingerprint density at radius 1 is 0.955 bits per heavy atom. The number of rotatable bonds is 2. The molecule has 2 heterocycles. The van der Waals surface area contributed by atoms with Crippen LogP contribution in [0.1, 0.15) is 11.4 Å². The van der Waals surface area contributed by atoms with Crippen LogP contribution in [0.3, 0.4) is 0 Å². The van der Waals surface area contributed by atoms with Gasteiger partial charge in [-0.2, -0.15) is 5.26 Å². The summed E-state index contributed by atoms with van der Waals surface area (Å²) in [6.07, 6.45) is 0. The maximum Gasteiger partial charge on any atom is 0.240 e. The van der Waals surface area contributed by atoms with Crippen LogP contribution in [-0.2, 0) is 0 Å². The maximum atomic E-state index is 9.08. The van der Waals surface area contributed by atoms with Crippen molar-refractivity contribution in [1.82, 2.24) is 20.2 Å².